The van der Waals surface area contributed by atoms with Crippen molar-refractivity contribution < 1.29 is 22.0 Å². The highest BCUT2D eigenvalue weighted by Gasteiger charge is 2.19. The van der Waals surface area contributed by atoms with Crippen molar-refractivity contribution in [2.24, 2.45) is 0 Å². The van der Waals surface area contributed by atoms with Crippen LogP contribution in [0.5, 0.6) is 0 Å². The number of halogens is 4. The third-order valence-corrected chi connectivity index (χ3v) is 9.74. The minimum atomic E-state index is -1.33. The van der Waals surface area contributed by atoms with Gasteiger partial charge in [-0.25, -0.2) is 27.5 Å². The van der Waals surface area contributed by atoms with E-state index < -0.39 is 34.4 Å². The predicted molar refractivity (Wildman–Crippen MR) is 225 cm³/mol. The Bertz CT molecular complexity index is 2720. The molecule has 0 aliphatic rings. The molecule has 288 valence electrons. The molecule has 0 bridgehead atoms. The topological polar surface area (TPSA) is 51.8 Å². The van der Waals surface area contributed by atoms with E-state index in [0.717, 1.165) is 58.8 Å². The molecule has 0 saturated carbocycles. The van der Waals surface area contributed by atoms with Crippen LogP contribution in [0.15, 0.2) is 120 Å². The molecule has 6 aromatic carbocycles. The number of para-hydroxylation sites is 1. The Kier molecular flexibility index (Phi) is 12.1. The van der Waals surface area contributed by atoms with E-state index in [9.17, 15) is 17.6 Å². The number of hydrogen-bond acceptors (Lipinski definition) is 4. The van der Waals surface area contributed by atoms with Crippen LogP contribution >= 0.6 is 0 Å². The third kappa shape index (κ3) is 8.70. The molecule has 9 rings (SSSR count). The quantitative estimate of drug-likeness (QED) is 0.123. The van der Waals surface area contributed by atoms with Crippen LogP contribution in [0, 0.1) is 78.7 Å². The van der Waals surface area contributed by atoms with Gasteiger partial charge in [0.25, 0.3) is 0 Å². The van der Waals surface area contributed by atoms with Gasteiger partial charge in [-0.3, -0.25) is 4.98 Å². The molecule has 0 atom stereocenters. The number of furan rings is 1. The van der Waals surface area contributed by atoms with Gasteiger partial charge >= 0.3 is 0 Å². The molecular weight excluding hydrogens is 723 g/mol. The number of pyridine rings is 1. The van der Waals surface area contributed by atoms with Gasteiger partial charge in [0.05, 0.1) is 5.52 Å². The number of rotatable bonds is 1. The zero-order chi connectivity index (χ0) is 41.0. The molecule has 0 spiro atoms. The van der Waals surface area contributed by atoms with E-state index in [-0.39, 0.29) is 0 Å². The third-order valence-electron chi connectivity index (χ3n) is 9.74. The van der Waals surface area contributed by atoms with Crippen molar-refractivity contribution in [3.63, 3.8) is 0 Å². The zero-order valence-electron chi connectivity index (χ0n) is 33.2. The fraction of sp³-hybridized carbons (Fsp3) is 0.163. The second-order valence-electron chi connectivity index (χ2n) is 14.0. The second kappa shape index (κ2) is 17.2. The lowest BCUT2D eigenvalue weighted by atomic mass is 9.96. The Labute approximate surface area is 329 Å². The van der Waals surface area contributed by atoms with E-state index in [1.54, 1.807) is 0 Å². The highest BCUT2D eigenvalue weighted by Crippen LogP contribution is 2.32. The van der Waals surface area contributed by atoms with Gasteiger partial charge in [-0.15, -0.1) is 0 Å². The Hall–Kier alpha value is -6.41. The Morgan fingerprint density at radius 3 is 1.40 bits per heavy atom. The molecule has 0 amide bonds. The summed E-state index contributed by atoms with van der Waals surface area (Å²) in [5, 5.41) is 6.07. The lowest BCUT2D eigenvalue weighted by molar-refractivity contribution is 0.436. The summed E-state index contributed by atoms with van der Waals surface area (Å²) in [5.74, 6) is -4.47. The summed E-state index contributed by atoms with van der Waals surface area (Å²) >= 11 is 0. The highest BCUT2D eigenvalue weighted by molar-refractivity contribution is 6.05. The van der Waals surface area contributed by atoms with Crippen LogP contribution in [0.3, 0.4) is 0 Å². The first-order valence-electron chi connectivity index (χ1n) is 18.5. The van der Waals surface area contributed by atoms with Gasteiger partial charge in [0, 0.05) is 55.3 Å². The summed E-state index contributed by atoms with van der Waals surface area (Å²) in [6.07, 6.45) is 0. The highest BCUT2D eigenvalue weighted by atomic mass is 19.2. The molecule has 9 aromatic rings. The van der Waals surface area contributed by atoms with E-state index in [2.05, 4.69) is 128 Å². The van der Waals surface area contributed by atoms with Gasteiger partial charge < -0.3 is 4.42 Å². The first kappa shape index (κ1) is 40.3. The van der Waals surface area contributed by atoms with Crippen LogP contribution in [-0.4, -0.2) is 15.0 Å². The van der Waals surface area contributed by atoms with Crippen LogP contribution in [-0.2, 0) is 0 Å². The van der Waals surface area contributed by atoms with Gasteiger partial charge in [-0.2, -0.15) is 0 Å². The molecule has 0 fully saturated rings. The van der Waals surface area contributed by atoms with Gasteiger partial charge in [0.1, 0.15) is 17.0 Å². The standard InChI is InChI=1S/C17H15N.C14H12O.C10H10N2.C8H6F4/c1-12-15-10-6-7-11-16(15)17(13(2)18-12)14-8-4-3-5-9-14;1-9-3-5-11-12-6-4-10(2)8-14(12)15-13(11)7-9;1-7-9-5-3-4-6-10(9)12-8(2)11-7;1-3-5(9)7(11)4(2)8(12)6(3)10/h3-11H,1-2H3;3-8H,1-2H3;3-6H,1-2H3;1-2H3. The predicted octanol–water partition coefficient (Wildman–Crippen LogP) is 13.8. The Balaban J connectivity index is 0.000000130. The molecular formula is C49H43F4N3O. The maximum atomic E-state index is 12.7. The zero-order valence-corrected chi connectivity index (χ0v) is 33.2. The molecule has 3 aromatic heterocycles. The van der Waals surface area contributed by atoms with Crippen molar-refractivity contribution in [2.75, 3.05) is 0 Å². The van der Waals surface area contributed by atoms with E-state index >= 15 is 0 Å². The molecule has 0 radical (unpaired) electrons. The summed E-state index contributed by atoms with van der Waals surface area (Å²) in [7, 11) is 0. The molecule has 8 heteroatoms. The average molecular weight is 766 g/mol. The monoisotopic (exact) mass is 765 g/mol. The van der Waals surface area contributed by atoms with E-state index in [1.165, 1.54) is 43.8 Å². The normalized spacial score (nSPS) is 10.8. The molecule has 0 aliphatic carbocycles. The van der Waals surface area contributed by atoms with Gasteiger partial charge in [-0.05, 0) is 95.7 Å². The van der Waals surface area contributed by atoms with E-state index in [1.807, 2.05) is 44.2 Å². The Morgan fingerprint density at radius 2 is 0.860 bits per heavy atom. The number of benzene rings is 6. The molecule has 0 saturated heterocycles. The smallest absolute Gasteiger partial charge is 0.165 e. The maximum Gasteiger partial charge on any atom is 0.165 e. The summed E-state index contributed by atoms with van der Waals surface area (Å²) in [6.45, 7) is 14.2. The number of fused-ring (bicyclic) bond motifs is 5. The first-order valence-corrected chi connectivity index (χ1v) is 18.5. The van der Waals surface area contributed by atoms with Crippen molar-refractivity contribution in [3.8, 4) is 11.1 Å². The maximum absolute atomic E-state index is 12.7. The molecule has 3 heterocycles. The fourth-order valence-electron chi connectivity index (χ4n) is 6.77. The number of aromatic nitrogens is 3. The summed E-state index contributed by atoms with van der Waals surface area (Å²) < 4.78 is 56.4. The second-order valence-corrected chi connectivity index (χ2v) is 14.0. The molecule has 0 N–H and O–H groups in total. The van der Waals surface area contributed by atoms with Crippen molar-refractivity contribution in [1.82, 2.24) is 15.0 Å². The van der Waals surface area contributed by atoms with Crippen LogP contribution in [0.2, 0.25) is 0 Å². The van der Waals surface area contributed by atoms with E-state index in [4.69, 9.17) is 4.42 Å². The molecule has 0 aliphatic heterocycles. The van der Waals surface area contributed by atoms with Gasteiger partial charge in [-0.1, -0.05) is 97.1 Å². The van der Waals surface area contributed by atoms with Crippen molar-refractivity contribution >= 4 is 43.6 Å². The van der Waals surface area contributed by atoms with Crippen molar-refractivity contribution in [2.45, 2.75) is 55.4 Å². The van der Waals surface area contributed by atoms with Crippen molar-refractivity contribution in [3.05, 3.63) is 184 Å². The summed E-state index contributed by atoms with van der Waals surface area (Å²) in [4.78, 5) is 13.3. The number of hydrogen-bond donors (Lipinski definition) is 0. The van der Waals surface area contributed by atoms with Gasteiger partial charge in [0.2, 0.25) is 0 Å². The van der Waals surface area contributed by atoms with Crippen LogP contribution in [0.1, 0.15) is 45.2 Å². The average Bonchev–Trinajstić information content (AvgIpc) is 3.56. The Morgan fingerprint density at radius 1 is 0.404 bits per heavy atom. The van der Waals surface area contributed by atoms with Crippen LogP contribution < -0.4 is 0 Å². The van der Waals surface area contributed by atoms with Gasteiger partial charge in [0.15, 0.2) is 23.3 Å². The van der Waals surface area contributed by atoms with E-state index in [0.29, 0.717) is 0 Å². The molecule has 57 heavy (non-hydrogen) atoms. The largest absolute Gasteiger partial charge is 0.456 e. The number of aryl methyl sites for hydroxylation is 6. The summed E-state index contributed by atoms with van der Waals surface area (Å²) in [5.41, 5.74) is 9.94. The fourth-order valence-corrected chi connectivity index (χ4v) is 6.77. The SMILES string of the molecule is Cc1c(F)c(F)c(C)c(F)c1F.Cc1ccc2c(c1)oc1cc(C)ccc12.Cc1nc(C)c2ccccc2c1-c1ccccc1.Cc1nc(C)c2ccccc2n1. The molecule has 4 nitrogen and oxygen atoms in total. The molecule has 0 unspecified atom stereocenters. The first-order chi connectivity index (χ1) is 27.2. The lowest BCUT2D eigenvalue weighted by Gasteiger charge is -2.12. The van der Waals surface area contributed by atoms with Crippen molar-refractivity contribution in [1.29, 1.82) is 0 Å². The minimum Gasteiger partial charge on any atom is -0.456 e. The van der Waals surface area contributed by atoms with Crippen LogP contribution in [0.25, 0.3) is 54.7 Å². The van der Waals surface area contributed by atoms with Crippen LogP contribution in [0.4, 0.5) is 17.6 Å². The lowest BCUT2D eigenvalue weighted by Crippen LogP contribution is -2.02. The minimum absolute atomic E-state index is 0.629. The number of nitrogens with zero attached hydrogens (tertiary/aromatic N) is 3. The summed E-state index contributed by atoms with van der Waals surface area (Å²) in [6, 6.07) is 39.7.